The van der Waals surface area contributed by atoms with E-state index in [-0.39, 0.29) is 24.7 Å². The lowest BCUT2D eigenvalue weighted by Gasteiger charge is -2.25. The van der Waals surface area contributed by atoms with E-state index in [2.05, 4.69) is 15.8 Å². The molecule has 2 aromatic rings. The highest BCUT2D eigenvalue weighted by Gasteiger charge is 2.27. The lowest BCUT2D eigenvalue weighted by atomic mass is 10.2. The number of hydrogen-bond acceptors (Lipinski definition) is 7. The van der Waals surface area contributed by atoms with Crippen LogP contribution in [-0.2, 0) is 9.59 Å². The van der Waals surface area contributed by atoms with E-state index in [0.29, 0.717) is 17.1 Å². The highest BCUT2D eigenvalue weighted by Crippen LogP contribution is 2.30. The fourth-order valence-electron chi connectivity index (χ4n) is 2.28. The third-order valence-electron chi connectivity index (χ3n) is 3.63. The smallest absolute Gasteiger partial charge is 0.265 e. The summed E-state index contributed by atoms with van der Waals surface area (Å²) in [4.78, 5) is 23.8. The van der Waals surface area contributed by atoms with Gasteiger partial charge in [0, 0.05) is 11.6 Å². The van der Waals surface area contributed by atoms with E-state index in [1.165, 1.54) is 18.3 Å². The highest BCUT2D eigenvalue weighted by atomic mass is 16.6. The molecule has 0 radical (unpaired) electrons. The van der Waals surface area contributed by atoms with Gasteiger partial charge in [-0.05, 0) is 24.3 Å². The number of nitrogens with one attached hydrogen (secondary N) is 2. The van der Waals surface area contributed by atoms with Crippen LogP contribution in [0, 0.1) is 0 Å². The molecule has 140 valence electrons. The number of phenolic OH excluding ortho intramolecular Hbond substituents is 2. The predicted octanol–water partition coefficient (Wildman–Crippen LogP) is 0.504. The number of aromatic hydroxyl groups is 2. The Morgan fingerprint density at radius 2 is 1.96 bits per heavy atom. The molecule has 0 spiro atoms. The van der Waals surface area contributed by atoms with Gasteiger partial charge in [-0.1, -0.05) is 12.1 Å². The summed E-state index contributed by atoms with van der Waals surface area (Å²) in [6, 6.07) is 10.9. The molecule has 1 aliphatic heterocycles. The van der Waals surface area contributed by atoms with Crippen molar-refractivity contribution in [3.8, 4) is 23.0 Å². The molecule has 9 nitrogen and oxygen atoms in total. The first kappa shape index (κ1) is 18.1. The molecule has 0 fully saturated rings. The standard InChI is InChI=1S/C18H17N3O6/c22-12-6-5-11(13(23)7-12)8-20-21-17(24)9-19-18(25)16-10-26-14-3-1-2-4-15(14)27-16/h1-8,16,22-23H,9-10H2,(H,19,25)(H,21,24)/b20-8-/t16-/m1/s1. The van der Waals surface area contributed by atoms with Crippen molar-refractivity contribution in [2.45, 2.75) is 6.10 Å². The van der Waals surface area contributed by atoms with Crippen LogP contribution < -0.4 is 20.2 Å². The van der Waals surface area contributed by atoms with E-state index in [1.807, 2.05) is 0 Å². The van der Waals surface area contributed by atoms with Crippen molar-refractivity contribution < 1.29 is 29.3 Å². The van der Waals surface area contributed by atoms with Gasteiger partial charge in [0.1, 0.15) is 18.1 Å². The number of hydrogen-bond donors (Lipinski definition) is 4. The maximum absolute atomic E-state index is 12.1. The van der Waals surface area contributed by atoms with Crippen molar-refractivity contribution in [1.82, 2.24) is 10.7 Å². The number of carbonyl (C=O) groups is 2. The molecule has 0 saturated heterocycles. The number of amides is 2. The second-order valence-electron chi connectivity index (χ2n) is 5.62. The Labute approximate surface area is 154 Å². The van der Waals surface area contributed by atoms with E-state index in [0.717, 1.165) is 6.07 Å². The van der Waals surface area contributed by atoms with Gasteiger partial charge in [-0.15, -0.1) is 0 Å². The lowest BCUT2D eigenvalue weighted by Crippen LogP contribution is -2.46. The Kier molecular flexibility index (Phi) is 5.41. The first-order valence-electron chi connectivity index (χ1n) is 8.03. The molecule has 0 saturated carbocycles. The van der Waals surface area contributed by atoms with Crippen LogP contribution in [0.15, 0.2) is 47.6 Å². The molecule has 4 N–H and O–H groups in total. The van der Waals surface area contributed by atoms with Crippen molar-refractivity contribution >= 4 is 18.0 Å². The largest absolute Gasteiger partial charge is 0.508 e. The molecule has 0 aliphatic carbocycles. The third-order valence-corrected chi connectivity index (χ3v) is 3.63. The number of carbonyl (C=O) groups excluding carboxylic acids is 2. The Hall–Kier alpha value is -3.75. The van der Waals surface area contributed by atoms with Gasteiger partial charge < -0.3 is 25.0 Å². The zero-order valence-corrected chi connectivity index (χ0v) is 14.1. The average molecular weight is 371 g/mol. The average Bonchev–Trinajstić information content (AvgIpc) is 2.67. The maximum atomic E-state index is 12.1. The van der Waals surface area contributed by atoms with Gasteiger partial charge in [-0.2, -0.15) is 5.10 Å². The molecule has 0 aromatic heterocycles. The second kappa shape index (κ2) is 8.09. The molecule has 1 heterocycles. The Morgan fingerprint density at radius 1 is 1.19 bits per heavy atom. The monoisotopic (exact) mass is 371 g/mol. The fourth-order valence-corrected chi connectivity index (χ4v) is 2.28. The molecule has 2 aromatic carbocycles. The molecule has 9 heteroatoms. The molecule has 1 aliphatic rings. The fraction of sp³-hybridized carbons (Fsp3) is 0.167. The van der Waals surface area contributed by atoms with E-state index < -0.39 is 17.9 Å². The molecular weight excluding hydrogens is 354 g/mol. The van der Waals surface area contributed by atoms with Crippen LogP contribution in [0.4, 0.5) is 0 Å². The van der Waals surface area contributed by atoms with Gasteiger partial charge in [0.2, 0.25) is 6.10 Å². The summed E-state index contributed by atoms with van der Waals surface area (Å²) in [5.41, 5.74) is 2.53. The highest BCUT2D eigenvalue weighted by molar-refractivity contribution is 5.89. The molecule has 27 heavy (non-hydrogen) atoms. The number of rotatable bonds is 5. The van der Waals surface area contributed by atoms with E-state index in [4.69, 9.17) is 9.47 Å². The van der Waals surface area contributed by atoms with Crippen molar-refractivity contribution in [3.05, 3.63) is 48.0 Å². The van der Waals surface area contributed by atoms with Gasteiger partial charge in [0.25, 0.3) is 11.8 Å². The van der Waals surface area contributed by atoms with Crippen LogP contribution in [0.1, 0.15) is 5.56 Å². The number of fused-ring (bicyclic) bond motifs is 1. The molecule has 1 atom stereocenters. The Balaban J connectivity index is 1.45. The van der Waals surface area contributed by atoms with Crippen LogP contribution in [-0.4, -0.2) is 47.5 Å². The topological polar surface area (TPSA) is 129 Å². The third kappa shape index (κ3) is 4.66. The molecule has 2 amide bonds. The molecule has 3 rings (SSSR count). The van der Waals surface area contributed by atoms with Crippen LogP contribution >= 0.6 is 0 Å². The first-order valence-corrected chi connectivity index (χ1v) is 8.03. The van der Waals surface area contributed by atoms with E-state index in [9.17, 15) is 19.8 Å². The van der Waals surface area contributed by atoms with Crippen LogP contribution in [0.3, 0.4) is 0 Å². The second-order valence-corrected chi connectivity index (χ2v) is 5.62. The quantitative estimate of drug-likeness (QED) is 0.447. The summed E-state index contributed by atoms with van der Waals surface area (Å²) < 4.78 is 11.0. The number of benzene rings is 2. The number of para-hydroxylation sites is 2. The SMILES string of the molecule is O=C(CNC(=O)[C@H]1COc2ccccc2O1)N/N=C\c1ccc(O)cc1O. The summed E-state index contributed by atoms with van der Waals surface area (Å²) in [7, 11) is 0. The van der Waals surface area contributed by atoms with Gasteiger partial charge >= 0.3 is 0 Å². The Bertz CT molecular complexity index is 883. The minimum Gasteiger partial charge on any atom is -0.508 e. The van der Waals surface area contributed by atoms with E-state index >= 15 is 0 Å². The van der Waals surface area contributed by atoms with Crippen LogP contribution in [0.5, 0.6) is 23.0 Å². The number of ether oxygens (including phenoxy) is 2. The van der Waals surface area contributed by atoms with Gasteiger partial charge in [-0.3, -0.25) is 9.59 Å². The van der Waals surface area contributed by atoms with Crippen molar-refractivity contribution in [2.75, 3.05) is 13.2 Å². The predicted molar refractivity (Wildman–Crippen MR) is 94.9 cm³/mol. The minimum atomic E-state index is -0.856. The number of nitrogens with zero attached hydrogens (tertiary/aromatic N) is 1. The van der Waals surface area contributed by atoms with Gasteiger partial charge in [0.15, 0.2) is 11.5 Å². The normalized spacial score (nSPS) is 15.3. The van der Waals surface area contributed by atoms with Crippen molar-refractivity contribution in [1.29, 1.82) is 0 Å². The zero-order chi connectivity index (χ0) is 19.2. The first-order chi connectivity index (χ1) is 13.0. The van der Waals surface area contributed by atoms with Gasteiger partial charge in [0.05, 0.1) is 12.8 Å². The summed E-state index contributed by atoms with van der Waals surface area (Å²) in [6.45, 7) is -0.262. The number of hydrazone groups is 1. The van der Waals surface area contributed by atoms with Crippen molar-refractivity contribution in [2.24, 2.45) is 5.10 Å². The molecule has 0 unspecified atom stereocenters. The Morgan fingerprint density at radius 3 is 2.74 bits per heavy atom. The summed E-state index contributed by atoms with van der Waals surface area (Å²) in [5.74, 6) is -0.295. The summed E-state index contributed by atoms with van der Waals surface area (Å²) in [6.07, 6.45) is 0.355. The van der Waals surface area contributed by atoms with E-state index in [1.54, 1.807) is 24.3 Å². The number of phenols is 2. The molecule has 0 bridgehead atoms. The zero-order valence-electron chi connectivity index (χ0n) is 14.1. The van der Waals surface area contributed by atoms with Gasteiger partial charge in [-0.25, -0.2) is 5.43 Å². The van der Waals surface area contributed by atoms with Crippen LogP contribution in [0.2, 0.25) is 0 Å². The summed E-state index contributed by atoms with van der Waals surface area (Å²) in [5, 5.41) is 24.9. The lowest BCUT2D eigenvalue weighted by molar-refractivity contribution is -0.132. The summed E-state index contributed by atoms with van der Waals surface area (Å²) >= 11 is 0. The minimum absolute atomic E-state index is 0.0444. The van der Waals surface area contributed by atoms with Crippen LogP contribution in [0.25, 0.3) is 0 Å². The maximum Gasteiger partial charge on any atom is 0.265 e. The molecular formula is C18H17N3O6. The van der Waals surface area contributed by atoms with Crippen molar-refractivity contribution in [3.63, 3.8) is 0 Å².